The van der Waals surface area contributed by atoms with E-state index in [-0.39, 0.29) is 11.7 Å². The van der Waals surface area contributed by atoms with Gasteiger partial charge in [-0.3, -0.25) is 9.48 Å². The Kier molecular flexibility index (Phi) is 3.69. The number of halogens is 1. The average Bonchev–Trinajstić information content (AvgIpc) is 2.47. The Morgan fingerprint density at radius 2 is 2.29 bits per heavy atom. The lowest BCUT2D eigenvalue weighted by atomic mass is 10.1. The highest BCUT2D eigenvalue weighted by atomic mass is 35.5. The van der Waals surface area contributed by atoms with Crippen LogP contribution in [0.15, 0.2) is 6.20 Å². The first-order valence-electron chi connectivity index (χ1n) is 4.83. The SMILES string of the molecule is CCCn1ncc(Cl)c1C(=O)C(C)C. The van der Waals surface area contributed by atoms with E-state index >= 15 is 0 Å². The molecule has 0 amide bonds. The van der Waals surface area contributed by atoms with Crippen molar-refractivity contribution >= 4 is 17.4 Å². The molecule has 1 aromatic rings. The van der Waals surface area contributed by atoms with Gasteiger partial charge in [0.2, 0.25) is 0 Å². The first-order chi connectivity index (χ1) is 6.57. The van der Waals surface area contributed by atoms with Crippen LogP contribution in [0.3, 0.4) is 0 Å². The van der Waals surface area contributed by atoms with Crippen molar-refractivity contribution in [3.8, 4) is 0 Å². The van der Waals surface area contributed by atoms with Gasteiger partial charge >= 0.3 is 0 Å². The summed E-state index contributed by atoms with van der Waals surface area (Å²) >= 11 is 5.92. The molecule has 0 aliphatic heterocycles. The zero-order valence-electron chi connectivity index (χ0n) is 8.75. The van der Waals surface area contributed by atoms with Gasteiger partial charge in [0.25, 0.3) is 0 Å². The molecule has 0 spiro atoms. The summed E-state index contributed by atoms with van der Waals surface area (Å²) in [5.41, 5.74) is 0.545. The molecule has 78 valence electrons. The predicted molar refractivity (Wildman–Crippen MR) is 56.7 cm³/mol. The lowest BCUT2D eigenvalue weighted by molar-refractivity contribution is 0.0928. The van der Waals surface area contributed by atoms with Crippen molar-refractivity contribution in [2.24, 2.45) is 5.92 Å². The lowest BCUT2D eigenvalue weighted by Gasteiger charge is -2.07. The largest absolute Gasteiger partial charge is 0.292 e. The molecule has 0 atom stereocenters. The van der Waals surface area contributed by atoms with Crippen molar-refractivity contribution < 1.29 is 4.79 Å². The number of hydrogen-bond donors (Lipinski definition) is 0. The normalized spacial score (nSPS) is 10.9. The highest BCUT2D eigenvalue weighted by Gasteiger charge is 2.19. The van der Waals surface area contributed by atoms with Gasteiger partial charge in [0, 0.05) is 12.5 Å². The second-order valence-corrected chi connectivity index (χ2v) is 3.99. The molecular formula is C10H15ClN2O. The van der Waals surface area contributed by atoms with Gasteiger partial charge in [-0.2, -0.15) is 5.10 Å². The number of nitrogens with zero attached hydrogens (tertiary/aromatic N) is 2. The molecular weight excluding hydrogens is 200 g/mol. The number of carbonyl (C=O) groups excluding carboxylic acids is 1. The van der Waals surface area contributed by atoms with Crippen LogP contribution in [0.5, 0.6) is 0 Å². The Hall–Kier alpha value is -0.830. The molecule has 0 N–H and O–H groups in total. The van der Waals surface area contributed by atoms with Gasteiger partial charge in [-0.05, 0) is 6.42 Å². The van der Waals surface area contributed by atoms with Gasteiger partial charge in [0.1, 0.15) is 5.69 Å². The standard InChI is InChI=1S/C10H15ClN2O/c1-4-5-13-9(8(11)6-12-13)10(14)7(2)3/h6-7H,4-5H2,1-3H3. The van der Waals surface area contributed by atoms with Crippen molar-refractivity contribution in [3.05, 3.63) is 16.9 Å². The molecule has 0 fully saturated rings. The van der Waals surface area contributed by atoms with Crippen LogP contribution >= 0.6 is 11.6 Å². The van der Waals surface area contributed by atoms with Gasteiger partial charge < -0.3 is 0 Å². The van der Waals surface area contributed by atoms with Crippen LogP contribution in [0.1, 0.15) is 37.7 Å². The first kappa shape index (κ1) is 11.2. The second-order valence-electron chi connectivity index (χ2n) is 3.58. The molecule has 3 nitrogen and oxygen atoms in total. The zero-order chi connectivity index (χ0) is 10.7. The van der Waals surface area contributed by atoms with Crippen molar-refractivity contribution in [1.82, 2.24) is 9.78 Å². The van der Waals surface area contributed by atoms with Crippen LogP contribution in [0.2, 0.25) is 5.02 Å². The van der Waals surface area contributed by atoms with E-state index in [4.69, 9.17) is 11.6 Å². The third kappa shape index (κ3) is 2.15. The molecule has 4 heteroatoms. The van der Waals surface area contributed by atoms with Crippen LogP contribution in [0, 0.1) is 5.92 Å². The molecule has 1 rings (SSSR count). The lowest BCUT2D eigenvalue weighted by Crippen LogP contribution is -2.15. The van der Waals surface area contributed by atoms with Crippen LogP contribution in [-0.2, 0) is 6.54 Å². The van der Waals surface area contributed by atoms with Crippen molar-refractivity contribution in [2.45, 2.75) is 33.7 Å². The molecule has 0 aliphatic rings. The van der Waals surface area contributed by atoms with Crippen molar-refractivity contribution in [3.63, 3.8) is 0 Å². The topological polar surface area (TPSA) is 34.9 Å². The monoisotopic (exact) mass is 214 g/mol. The molecule has 0 saturated heterocycles. The van der Waals surface area contributed by atoms with E-state index < -0.39 is 0 Å². The van der Waals surface area contributed by atoms with E-state index in [2.05, 4.69) is 5.10 Å². The van der Waals surface area contributed by atoms with Gasteiger partial charge in [-0.15, -0.1) is 0 Å². The zero-order valence-corrected chi connectivity index (χ0v) is 9.51. The van der Waals surface area contributed by atoms with Crippen LogP contribution in [0.25, 0.3) is 0 Å². The number of aromatic nitrogens is 2. The number of aryl methyl sites for hydroxylation is 1. The molecule has 0 radical (unpaired) electrons. The summed E-state index contributed by atoms with van der Waals surface area (Å²) in [5.74, 6) is 0.0146. The third-order valence-electron chi connectivity index (χ3n) is 1.99. The summed E-state index contributed by atoms with van der Waals surface area (Å²) in [6.45, 7) is 6.50. The minimum atomic E-state index is -0.0418. The van der Waals surface area contributed by atoms with E-state index in [0.717, 1.165) is 13.0 Å². The summed E-state index contributed by atoms with van der Waals surface area (Å²) in [4.78, 5) is 11.8. The molecule has 0 unspecified atom stereocenters. The fourth-order valence-corrected chi connectivity index (χ4v) is 1.50. The quantitative estimate of drug-likeness (QED) is 0.723. The highest BCUT2D eigenvalue weighted by Crippen LogP contribution is 2.19. The van der Waals surface area contributed by atoms with E-state index in [1.807, 2.05) is 20.8 Å². The maximum Gasteiger partial charge on any atom is 0.184 e. The van der Waals surface area contributed by atoms with Gasteiger partial charge in [0.15, 0.2) is 5.78 Å². The van der Waals surface area contributed by atoms with E-state index in [0.29, 0.717) is 10.7 Å². The van der Waals surface area contributed by atoms with Crippen LogP contribution in [0.4, 0.5) is 0 Å². The molecule has 1 heterocycles. The van der Waals surface area contributed by atoms with Gasteiger partial charge in [-0.1, -0.05) is 32.4 Å². The summed E-state index contributed by atoms with van der Waals surface area (Å²) in [7, 11) is 0. The molecule has 14 heavy (non-hydrogen) atoms. The average molecular weight is 215 g/mol. The maximum atomic E-state index is 11.8. The Morgan fingerprint density at radius 1 is 1.64 bits per heavy atom. The van der Waals surface area contributed by atoms with E-state index in [1.54, 1.807) is 4.68 Å². The number of hydrogen-bond acceptors (Lipinski definition) is 2. The Balaban J connectivity index is 3.04. The molecule has 0 saturated carbocycles. The number of ketones is 1. The number of Topliss-reactive ketones (excluding diaryl/α,β-unsaturated/α-hetero) is 1. The summed E-state index contributed by atoms with van der Waals surface area (Å²) in [6, 6.07) is 0. The molecule has 1 aromatic heterocycles. The Labute approximate surface area is 89.1 Å². The maximum absolute atomic E-state index is 11.8. The smallest absolute Gasteiger partial charge is 0.184 e. The minimum absolute atomic E-state index is 0.0418. The van der Waals surface area contributed by atoms with Crippen molar-refractivity contribution in [1.29, 1.82) is 0 Å². The minimum Gasteiger partial charge on any atom is -0.292 e. The van der Waals surface area contributed by atoms with Crippen LogP contribution < -0.4 is 0 Å². The predicted octanol–water partition coefficient (Wildman–Crippen LogP) is 2.79. The summed E-state index contributed by atoms with van der Waals surface area (Å²) in [5, 5.41) is 4.53. The highest BCUT2D eigenvalue weighted by molar-refractivity contribution is 6.33. The van der Waals surface area contributed by atoms with E-state index in [1.165, 1.54) is 6.20 Å². The van der Waals surface area contributed by atoms with Crippen molar-refractivity contribution in [2.75, 3.05) is 0 Å². The van der Waals surface area contributed by atoms with E-state index in [9.17, 15) is 4.79 Å². The fraction of sp³-hybridized carbons (Fsp3) is 0.600. The Bertz CT molecular complexity index is 331. The van der Waals surface area contributed by atoms with Gasteiger partial charge in [-0.25, -0.2) is 0 Å². The number of carbonyl (C=O) groups is 1. The third-order valence-corrected chi connectivity index (χ3v) is 2.26. The number of rotatable bonds is 4. The fourth-order valence-electron chi connectivity index (χ4n) is 1.26. The van der Waals surface area contributed by atoms with Gasteiger partial charge in [0.05, 0.1) is 11.2 Å². The van der Waals surface area contributed by atoms with Crippen LogP contribution in [-0.4, -0.2) is 15.6 Å². The summed E-state index contributed by atoms with van der Waals surface area (Å²) in [6.07, 6.45) is 2.48. The first-order valence-corrected chi connectivity index (χ1v) is 5.21. The molecule has 0 bridgehead atoms. The molecule has 0 aliphatic carbocycles. The molecule has 0 aromatic carbocycles. The summed E-state index contributed by atoms with van der Waals surface area (Å²) < 4.78 is 1.69. The second kappa shape index (κ2) is 4.60. The Morgan fingerprint density at radius 3 is 2.79 bits per heavy atom.